The van der Waals surface area contributed by atoms with E-state index >= 15 is 0 Å². The zero-order valence-electron chi connectivity index (χ0n) is 9.56. The molecule has 1 atom stereocenters. The van der Waals surface area contributed by atoms with Gasteiger partial charge in [0.1, 0.15) is 0 Å². The van der Waals surface area contributed by atoms with Crippen LogP contribution in [0.5, 0.6) is 0 Å². The molecule has 0 aliphatic heterocycles. The molecule has 0 saturated heterocycles. The maximum absolute atomic E-state index is 10.9. The first kappa shape index (κ1) is 14.7. The molecule has 15 heavy (non-hydrogen) atoms. The second-order valence-electron chi connectivity index (χ2n) is 3.36. The molecule has 0 saturated carbocycles. The Balaban J connectivity index is 3.38. The Morgan fingerprint density at radius 2 is 2.13 bits per heavy atom. The molecule has 0 heterocycles. The summed E-state index contributed by atoms with van der Waals surface area (Å²) in [5.74, 6) is 0.539. The van der Waals surface area contributed by atoms with E-state index in [0.29, 0.717) is 19.0 Å². The van der Waals surface area contributed by atoms with E-state index in [0.717, 1.165) is 0 Å². The minimum Gasteiger partial charge on any atom is -0.465 e. The van der Waals surface area contributed by atoms with Crippen LogP contribution in [0, 0.1) is 0 Å². The summed E-state index contributed by atoms with van der Waals surface area (Å²) in [6.45, 7) is 6.32. The van der Waals surface area contributed by atoms with Crippen molar-refractivity contribution in [1.82, 2.24) is 0 Å². The Bertz CT molecular complexity index is 173. The molecule has 0 amide bonds. The summed E-state index contributed by atoms with van der Waals surface area (Å²) >= 11 is 1.36. The first-order valence-electron chi connectivity index (χ1n) is 5.09. The molecule has 0 rings (SSSR count). The highest BCUT2D eigenvalue weighted by molar-refractivity contribution is 7.99. The van der Waals surface area contributed by atoms with Crippen LogP contribution in [0.4, 0.5) is 0 Å². The van der Waals surface area contributed by atoms with Gasteiger partial charge in [0.15, 0.2) is 0 Å². The van der Waals surface area contributed by atoms with Crippen molar-refractivity contribution in [3.8, 4) is 0 Å². The molecule has 0 radical (unpaired) electrons. The van der Waals surface area contributed by atoms with E-state index in [2.05, 4.69) is 0 Å². The lowest BCUT2D eigenvalue weighted by Gasteiger charge is -2.12. The molecule has 0 aliphatic rings. The zero-order valence-corrected chi connectivity index (χ0v) is 10.4. The van der Waals surface area contributed by atoms with Crippen LogP contribution in [0.15, 0.2) is 0 Å². The average Bonchev–Trinajstić information content (AvgIpc) is 2.15. The van der Waals surface area contributed by atoms with Gasteiger partial charge in [-0.3, -0.25) is 4.79 Å². The number of hydrogen-bond acceptors (Lipinski definition) is 5. The molecule has 4 nitrogen and oxygen atoms in total. The third-order valence-corrected chi connectivity index (χ3v) is 2.52. The molecule has 0 aromatic heterocycles. The normalized spacial score (nSPS) is 12.9. The van der Waals surface area contributed by atoms with Gasteiger partial charge in [0.25, 0.3) is 0 Å². The molecule has 0 aliphatic carbocycles. The van der Waals surface area contributed by atoms with Crippen molar-refractivity contribution in [2.45, 2.75) is 33.0 Å². The van der Waals surface area contributed by atoms with Crippen LogP contribution in [0.2, 0.25) is 0 Å². The van der Waals surface area contributed by atoms with Gasteiger partial charge in [-0.05, 0) is 20.8 Å². The first-order valence-corrected chi connectivity index (χ1v) is 6.24. The number of carbonyl (C=O) groups is 1. The summed E-state index contributed by atoms with van der Waals surface area (Å²) < 4.78 is 9.98. The van der Waals surface area contributed by atoms with Crippen LogP contribution in [0.25, 0.3) is 0 Å². The minimum atomic E-state index is -0.521. The summed E-state index contributed by atoms with van der Waals surface area (Å²) in [5.41, 5.74) is 0. The predicted octanol–water partition coefficient (Wildman–Crippen LogP) is 1.07. The maximum atomic E-state index is 10.9. The highest BCUT2D eigenvalue weighted by Gasteiger charge is 2.08. The number of carbonyl (C=O) groups excluding carboxylic acids is 1. The van der Waals surface area contributed by atoms with Crippen LogP contribution >= 0.6 is 11.8 Å². The second-order valence-corrected chi connectivity index (χ2v) is 4.39. The molecular weight excluding hydrogens is 216 g/mol. The third-order valence-electron chi connectivity index (χ3n) is 1.46. The number of rotatable bonds is 8. The van der Waals surface area contributed by atoms with Crippen molar-refractivity contribution in [2.75, 3.05) is 24.7 Å². The molecule has 0 spiro atoms. The van der Waals surface area contributed by atoms with Crippen LogP contribution in [-0.2, 0) is 14.3 Å². The van der Waals surface area contributed by atoms with Gasteiger partial charge in [-0.1, -0.05) is 0 Å². The van der Waals surface area contributed by atoms with Crippen molar-refractivity contribution >= 4 is 17.7 Å². The van der Waals surface area contributed by atoms with Crippen molar-refractivity contribution in [1.29, 1.82) is 0 Å². The van der Waals surface area contributed by atoms with E-state index in [-0.39, 0.29) is 17.8 Å². The molecule has 5 heteroatoms. The van der Waals surface area contributed by atoms with Gasteiger partial charge >= 0.3 is 5.97 Å². The molecule has 90 valence electrons. The number of hydrogen-bond donors (Lipinski definition) is 1. The van der Waals surface area contributed by atoms with Gasteiger partial charge < -0.3 is 14.6 Å². The first-order chi connectivity index (χ1) is 7.06. The monoisotopic (exact) mass is 236 g/mol. The Hall–Kier alpha value is -0.260. The van der Waals surface area contributed by atoms with Gasteiger partial charge in [-0.15, -0.1) is 11.8 Å². The Kier molecular flexibility index (Phi) is 8.85. The number of thioether (sulfide) groups is 1. The lowest BCUT2D eigenvalue weighted by atomic mass is 10.4. The number of aliphatic hydroxyl groups is 1. The quantitative estimate of drug-likeness (QED) is 0.639. The topological polar surface area (TPSA) is 55.8 Å². The zero-order chi connectivity index (χ0) is 11.7. The van der Waals surface area contributed by atoms with Crippen LogP contribution in [-0.4, -0.2) is 48.0 Å². The van der Waals surface area contributed by atoms with E-state index in [1.807, 2.05) is 13.8 Å². The Labute approximate surface area is 95.3 Å². The van der Waals surface area contributed by atoms with Gasteiger partial charge in [-0.25, -0.2) is 0 Å². The largest absolute Gasteiger partial charge is 0.465 e. The fourth-order valence-corrected chi connectivity index (χ4v) is 1.57. The smallest absolute Gasteiger partial charge is 0.315 e. The average molecular weight is 236 g/mol. The third kappa shape index (κ3) is 10.0. The summed E-state index contributed by atoms with van der Waals surface area (Å²) in [6.07, 6.45) is -0.401. The maximum Gasteiger partial charge on any atom is 0.315 e. The lowest BCUT2D eigenvalue weighted by molar-refractivity contribution is -0.139. The molecule has 1 unspecified atom stereocenters. The molecule has 1 N–H and O–H groups in total. The molecule has 0 bridgehead atoms. The van der Waals surface area contributed by atoms with Crippen molar-refractivity contribution in [3.05, 3.63) is 0 Å². The highest BCUT2D eigenvalue weighted by atomic mass is 32.2. The molecule has 0 aromatic rings. The summed E-state index contributed by atoms with van der Waals surface area (Å²) in [4.78, 5) is 10.9. The Morgan fingerprint density at radius 3 is 2.67 bits per heavy atom. The fourth-order valence-electron chi connectivity index (χ4n) is 0.833. The van der Waals surface area contributed by atoms with E-state index in [4.69, 9.17) is 9.47 Å². The minimum absolute atomic E-state index is 0.120. The second kappa shape index (κ2) is 9.00. The van der Waals surface area contributed by atoms with Gasteiger partial charge in [0.2, 0.25) is 0 Å². The molecule has 0 fully saturated rings. The van der Waals surface area contributed by atoms with E-state index in [9.17, 15) is 9.90 Å². The SMILES string of the molecule is CCOC(=O)CSCC(O)COC(C)C. The molecular formula is C10H20O4S. The van der Waals surface area contributed by atoms with Crippen molar-refractivity contribution in [2.24, 2.45) is 0 Å². The van der Waals surface area contributed by atoms with Crippen molar-refractivity contribution in [3.63, 3.8) is 0 Å². The van der Waals surface area contributed by atoms with E-state index in [1.54, 1.807) is 6.92 Å². The number of aliphatic hydroxyl groups excluding tert-OH is 1. The van der Waals surface area contributed by atoms with E-state index < -0.39 is 6.10 Å². The predicted molar refractivity (Wildman–Crippen MR) is 61.1 cm³/mol. The number of esters is 1. The van der Waals surface area contributed by atoms with Gasteiger partial charge in [0, 0.05) is 5.75 Å². The fraction of sp³-hybridized carbons (Fsp3) is 0.900. The van der Waals surface area contributed by atoms with E-state index in [1.165, 1.54) is 11.8 Å². The summed E-state index contributed by atoms with van der Waals surface area (Å²) in [5, 5.41) is 9.44. The summed E-state index contributed by atoms with van der Waals surface area (Å²) in [6, 6.07) is 0. The summed E-state index contributed by atoms with van der Waals surface area (Å²) in [7, 11) is 0. The highest BCUT2D eigenvalue weighted by Crippen LogP contribution is 2.05. The lowest BCUT2D eigenvalue weighted by Crippen LogP contribution is -2.21. The van der Waals surface area contributed by atoms with Crippen LogP contribution in [0.1, 0.15) is 20.8 Å². The Morgan fingerprint density at radius 1 is 1.47 bits per heavy atom. The number of ether oxygens (including phenoxy) is 2. The van der Waals surface area contributed by atoms with Crippen LogP contribution < -0.4 is 0 Å². The van der Waals surface area contributed by atoms with Crippen molar-refractivity contribution < 1.29 is 19.4 Å². The van der Waals surface area contributed by atoms with Gasteiger partial charge in [0.05, 0.1) is 31.2 Å². The van der Waals surface area contributed by atoms with Gasteiger partial charge in [-0.2, -0.15) is 0 Å². The van der Waals surface area contributed by atoms with Crippen LogP contribution in [0.3, 0.4) is 0 Å². The molecule has 0 aromatic carbocycles. The standard InChI is InChI=1S/C10H20O4S/c1-4-13-10(12)7-15-6-9(11)5-14-8(2)3/h8-9,11H,4-7H2,1-3H3.